The molecule has 0 unspecified atom stereocenters. The van der Waals surface area contributed by atoms with Crippen molar-refractivity contribution in [3.8, 4) is 11.3 Å². The second-order valence-corrected chi connectivity index (χ2v) is 7.18. The molecule has 2 aromatic rings. The molecule has 1 saturated carbocycles. The van der Waals surface area contributed by atoms with Crippen LogP contribution in [0.4, 0.5) is 5.82 Å². The number of anilines is 1. The molecule has 0 bridgehead atoms. The van der Waals surface area contributed by atoms with E-state index in [0.29, 0.717) is 11.8 Å². The largest absolute Gasteiger partial charge is 0.352 e. The lowest BCUT2D eigenvalue weighted by molar-refractivity contribution is -0.132. The molecule has 1 aromatic heterocycles. The van der Waals surface area contributed by atoms with Gasteiger partial charge in [-0.1, -0.05) is 23.8 Å². The van der Waals surface area contributed by atoms with Crippen LogP contribution in [0.2, 0.25) is 0 Å². The molecule has 25 heavy (non-hydrogen) atoms. The number of carbonyl (C=O) groups is 1. The molecular formula is C20H24N4O. The quantitative estimate of drug-likeness (QED) is 0.865. The maximum absolute atomic E-state index is 12.1. The Kier molecular flexibility index (Phi) is 4.15. The molecule has 0 atom stereocenters. The van der Waals surface area contributed by atoms with E-state index in [0.717, 1.165) is 56.1 Å². The highest BCUT2D eigenvalue weighted by Crippen LogP contribution is 2.31. The van der Waals surface area contributed by atoms with Crippen LogP contribution in [0.3, 0.4) is 0 Å². The van der Waals surface area contributed by atoms with Crippen molar-refractivity contribution in [3.63, 3.8) is 0 Å². The highest BCUT2D eigenvalue weighted by Gasteiger charge is 2.34. The van der Waals surface area contributed by atoms with Gasteiger partial charge in [0.25, 0.3) is 0 Å². The molecule has 5 nitrogen and oxygen atoms in total. The normalized spacial score (nSPS) is 17.7. The number of hydrogen-bond acceptors (Lipinski definition) is 4. The van der Waals surface area contributed by atoms with Crippen LogP contribution >= 0.6 is 0 Å². The van der Waals surface area contributed by atoms with E-state index in [1.54, 1.807) is 0 Å². The Hall–Kier alpha value is -2.43. The fourth-order valence-electron chi connectivity index (χ4n) is 3.48. The van der Waals surface area contributed by atoms with Crippen molar-refractivity contribution in [2.75, 3.05) is 31.1 Å². The number of amides is 1. The molecule has 2 fully saturated rings. The summed E-state index contributed by atoms with van der Waals surface area (Å²) in [6.45, 7) is 7.44. The van der Waals surface area contributed by atoms with E-state index >= 15 is 0 Å². The molecule has 1 aliphatic carbocycles. The Bertz CT molecular complexity index is 775. The Morgan fingerprint density at radius 3 is 2.36 bits per heavy atom. The van der Waals surface area contributed by atoms with Crippen LogP contribution in [-0.2, 0) is 4.79 Å². The van der Waals surface area contributed by atoms with E-state index in [1.807, 2.05) is 17.0 Å². The monoisotopic (exact) mass is 336 g/mol. The van der Waals surface area contributed by atoms with Gasteiger partial charge in [-0.25, -0.2) is 0 Å². The number of rotatable bonds is 3. The first kappa shape index (κ1) is 16.1. The summed E-state index contributed by atoms with van der Waals surface area (Å²) in [6.07, 6.45) is 2.15. The zero-order valence-electron chi connectivity index (χ0n) is 14.9. The molecule has 1 aromatic carbocycles. The molecule has 130 valence electrons. The average Bonchev–Trinajstić information content (AvgIpc) is 3.47. The number of benzene rings is 1. The summed E-state index contributed by atoms with van der Waals surface area (Å²) in [6, 6.07) is 10.5. The number of hydrogen-bond donors (Lipinski definition) is 0. The maximum atomic E-state index is 12.1. The smallest absolute Gasteiger partial charge is 0.225 e. The average molecular weight is 336 g/mol. The van der Waals surface area contributed by atoms with E-state index in [9.17, 15) is 4.79 Å². The summed E-state index contributed by atoms with van der Waals surface area (Å²) < 4.78 is 0. The molecule has 1 saturated heterocycles. The van der Waals surface area contributed by atoms with Crippen LogP contribution in [0.5, 0.6) is 0 Å². The predicted octanol–water partition coefficient (Wildman–Crippen LogP) is 2.82. The minimum absolute atomic E-state index is 0.309. The number of aryl methyl sites for hydroxylation is 2. The lowest BCUT2D eigenvalue weighted by atomic mass is 10.0. The summed E-state index contributed by atoms with van der Waals surface area (Å²) in [4.78, 5) is 16.4. The van der Waals surface area contributed by atoms with Crippen molar-refractivity contribution < 1.29 is 4.79 Å². The van der Waals surface area contributed by atoms with Crippen LogP contribution in [0.25, 0.3) is 11.3 Å². The lowest BCUT2D eigenvalue weighted by Crippen LogP contribution is -2.49. The van der Waals surface area contributed by atoms with Crippen molar-refractivity contribution in [1.82, 2.24) is 15.1 Å². The molecular weight excluding hydrogens is 312 g/mol. The van der Waals surface area contributed by atoms with E-state index in [2.05, 4.69) is 47.1 Å². The molecule has 1 aliphatic heterocycles. The highest BCUT2D eigenvalue weighted by atomic mass is 16.2. The molecule has 4 rings (SSSR count). The Balaban J connectivity index is 1.43. The second-order valence-electron chi connectivity index (χ2n) is 7.18. The van der Waals surface area contributed by atoms with Crippen LogP contribution in [-0.4, -0.2) is 47.2 Å². The van der Waals surface area contributed by atoms with Gasteiger partial charge in [0.05, 0.1) is 5.69 Å². The maximum Gasteiger partial charge on any atom is 0.225 e. The second kappa shape index (κ2) is 6.47. The molecule has 1 amide bonds. The third-order valence-corrected chi connectivity index (χ3v) is 5.15. The molecule has 5 heteroatoms. The predicted molar refractivity (Wildman–Crippen MR) is 98.5 cm³/mol. The minimum Gasteiger partial charge on any atom is -0.352 e. The number of piperazine rings is 1. The molecule has 0 radical (unpaired) electrons. The zero-order chi connectivity index (χ0) is 17.4. The Labute approximate surface area is 148 Å². The van der Waals surface area contributed by atoms with E-state index in [1.165, 1.54) is 11.1 Å². The number of nitrogens with zero attached hydrogens (tertiary/aromatic N) is 4. The summed E-state index contributed by atoms with van der Waals surface area (Å²) in [5.74, 6) is 1.55. The third kappa shape index (κ3) is 3.36. The van der Waals surface area contributed by atoms with Gasteiger partial charge in [0, 0.05) is 37.7 Å². The number of aromatic nitrogens is 2. The fraction of sp³-hybridized carbons (Fsp3) is 0.450. The van der Waals surface area contributed by atoms with Crippen molar-refractivity contribution in [2.24, 2.45) is 5.92 Å². The van der Waals surface area contributed by atoms with Gasteiger partial charge in [0.1, 0.15) is 0 Å². The van der Waals surface area contributed by atoms with Crippen LogP contribution in [0.1, 0.15) is 24.0 Å². The molecule has 0 spiro atoms. The van der Waals surface area contributed by atoms with Gasteiger partial charge in [0.15, 0.2) is 5.82 Å². The van der Waals surface area contributed by atoms with Gasteiger partial charge >= 0.3 is 0 Å². The first-order chi connectivity index (χ1) is 12.1. The highest BCUT2D eigenvalue weighted by molar-refractivity contribution is 5.81. The van der Waals surface area contributed by atoms with Crippen molar-refractivity contribution >= 4 is 11.7 Å². The van der Waals surface area contributed by atoms with Gasteiger partial charge in [-0.05, 0) is 44.4 Å². The summed E-state index contributed by atoms with van der Waals surface area (Å²) >= 11 is 0. The summed E-state index contributed by atoms with van der Waals surface area (Å²) in [5, 5.41) is 8.87. The van der Waals surface area contributed by atoms with Gasteiger partial charge in [-0.2, -0.15) is 0 Å². The summed E-state index contributed by atoms with van der Waals surface area (Å²) in [7, 11) is 0. The van der Waals surface area contributed by atoms with Gasteiger partial charge in [-0.15, -0.1) is 10.2 Å². The van der Waals surface area contributed by atoms with Crippen molar-refractivity contribution in [1.29, 1.82) is 0 Å². The fourth-order valence-corrected chi connectivity index (χ4v) is 3.48. The topological polar surface area (TPSA) is 49.3 Å². The lowest BCUT2D eigenvalue weighted by Gasteiger charge is -2.35. The number of carbonyl (C=O) groups excluding carboxylic acids is 1. The zero-order valence-corrected chi connectivity index (χ0v) is 14.9. The van der Waals surface area contributed by atoms with Crippen LogP contribution in [0.15, 0.2) is 30.3 Å². The standard InChI is InChI=1S/C20H24N4O/c1-14-3-6-17(15(2)13-14)18-7-8-19(22-21-18)23-9-11-24(12-10-23)20(25)16-4-5-16/h3,6-8,13,16H,4-5,9-12H2,1-2H3. The van der Waals surface area contributed by atoms with Crippen molar-refractivity contribution in [3.05, 3.63) is 41.5 Å². The van der Waals surface area contributed by atoms with Gasteiger partial charge in [-0.3, -0.25) is 4.79 Å². The van der Waals surface area contributed by atoms with E-state index in [-0.39, 0.29) is 0 Å². The SMILES string of the molecule is Cc1ccc(-c2ccc(N3CCN(C(=O)C4CC4)CC3)nn2)c(C)c1. The molecule has 2 aliphatic rings. The van der Waals surface area contributed by atoms with Gasteiger partial charge < -0.3 is 9.80 Å². The molecule has 2 heterocycles. The van der Waals surface area contributed by atoms with Crippen molar-refractivity contribution in [2.45, 2.75) is 26.7 Å². The van der Waals surface area contributed by atoms with Crippen LogP contribution < -0.4 is 4.90 Å². The summed E-state index contributed by atoms with van der Waals surface area (Å²) in [5.41, 5.74) is 4.51. The van der Waals surface area contributed by atoms with Gasteiger partial charge in [0.2, 0.25) is 5.91 Å². The first-order valence-electron chi connectivity index (χ1n) is 9.07. The molecule has 0 N–H and O–H groups in total. The minimum atomic E-state index is 0.309. The third-order valence-electron chi connectivity index (χ3n) is 5.15. The van der Waals surface area contributed by atoms with E-state index in [4.69, 9.17) is 0 Å². The van der Waals surface area contributed by atoms with E-state index < -0.39 is 0 Å². The Morgan fingerprint density at radius 1 is 1.00 bits per heavy atom. The first-order valence-corrected chi connectivity index (χ1v) is 9.07. The van der Waals surface area contributed by atoms with Crippen LogP contribution in [0, 0.1) is 19.8 Å². The Morgan fingerprint density at radius 2 is 1.76 bits per heavy atom.